The summed E-state index contributed by atoms with van der Waals surface area (Å²) in [5.41, 5.74) is 11.7. The van der Waals surface area contributed by atoms with Crippen LogP contribution < -0.4 is 0 Å². The van der Waals surface area contributed by atoms with Crippen LogP contribution in [0.15, 0.2) is 134 Å². The first kappa shape index (κ1) is 24.0. The number of nitrogens with zero attached hydrogens (tertiary/aromatic N) is 2. The molecule has 40 heavy (non-hydrogen) atoms. The Balaban J connectivity index is 1.40. The number of aromatic nitrogens is 2. The van der Waals surface area contributed by atoms with E-state index in [0.717, 1.165) is 17.0 Å². The van der Waals surface area contributed by atoms with Gasteiger partial charge in [-0.3, -0.25) is 9.97 Å². The Morgan fingerprint density at radius 2 is 0.875 bits per heavy atom. The zero-order chi connectivity index (χ0) is 27.1. The monoisotopic (exact) mass is 512 g/mol. The van der Waals surface area contributed by atoms with Gasteiger partial charge in [-0.1, -0.05) is 97.1 Å². The van der Waals surface area contributed by atoms with Gasteiger partial charge < -0.3 is 0 Å². The van der Waals surface area contributed by atoms with E-state index in [0.29, 0.717) is 0 Å². The van der Waals surface area contributed by atoms with Gasteiger partial charge >= 0.3 is 0 Å². The molecule has 0 atom stereocenters. The zero-order valence-corrected chi connectivity index (χ0v) is 22.6. The van der Waals surface area contributed by atoms with Gasteiger partial charge in [0.05, 0.1) is 5.69 Å². The molecule has 0 fully saturated rings. The van der Waals surface area contributed by atoms with Crippen LogP contribution in [0.5, 0.6) is 0 Å². The van der Waals surface area contributed by atoms with E-state index in [1.54, 1.807) is 0 Å². The predicted octanol–water partition coefficient (Wildman–Crippen LogP) is 10.1. The summed E-state index contributed by atoms with van der Waals surface area (Å²) in [6.07, 6.45) is 3.76. The third-order valence-corrected chi connectivity index (χ3v) is 7.72. The molecule has 2 nitrogen and oxygen atoms in total. The van der Waals surface area contributed by atoms with Crippen LogP contribution in [0.1, 0.15) is 11.3 Å². The lowest BCUT2D eigenvalue weighted by atomic mass is 9.85. The Kier molecular flexibility index (Phi) is 5.94. The van der Waals surface area contributed by atoms with E-state index < -0.39 is 0 Å². The molecule has 0 N–H and O–H groups in total. The zero-order valence-electron chi connectivity index (χ0n) is 22.6. The van der Waals surface area contributed by atoms with Crippen molar-refractivity contribution in [3.8, 4) is 44.6 Å². The van der Waals surface area contributed by atoms with E-state index >= 15 is 0 Å². The quantitative estimate of drug-likeness (QED) is 0.219. The Morgan fingerprint density at radius 1 is 0.400 bits per heavy atom. The molecule has 0 spiro atoms. The lowest BCUT2D eigenvalue weighted by Gasteiger charge is -2.18. The maximum atomic E-state index is 4.58. The molecule has 0 aliphatic rings. The van der Waals surface area contributed by atoms with Gasteiger partial charge in [-0.2, -0.15) is 0 Å². The second-order valence-corrected chi connectivity index (χ2v) is 10.4. The standard InChI is InChI=1S/C38H28N2/c1-25-19-21-40-36(23-25)28-13-17-30(18-14-28)38-34-9-5-3-7-32(34)37(33-8-4-6-10-35(33)38)29-15-11-27(12-16-29)31-20-22-39-26(2)24-31/h3-24H,1-2H3. The summed E-state index contributed by atoms with van der Waals surface area (Å²) in [6.45, 7) is 4.14. The van der Waals surface area contributed by atoms with Gasteiger partial charge in [0.15, 0.2) is 0 Å². The Labute approximate surface area is 234 Å². The van der Waals surface area contributed by atoms with Crippen LogP contribution in [0.4, 0.5) is 0 Å². The molecule has 0 amide bonds. The highest BCUT2D eigenvalue weighted by atomic mass is 14.7. The van der Waals surface area contributed by atoms with Crippen molar-refractivity contribution in [2.45, 2.75) is 13.8 Å². The van der Waals surface area contributed by atoms with E-state index in [1.807, 2.05) is 25.4 Å². The van der Waals surface area contributed by atoms with Crippen molar-refractivity contribution < 1.29 is 0 Å². The van der Waals surface area contributed by atoms with Crippen molar-refractivity contribution >= 4 is 21.5 Å². The first-order valence-electron chi connectivity index (χ1n) is 13.7. The topological polar surface area (TPSA) is 25.8 Å². The number of hydrogen-bond acceptors (Lipinski definition) is 2. The first-order chi connectivity index (χ1) is 19.7. The molecule has 0 radical (unpaired) electrons. The summed E-state index contributed by atoms with van der Waals surface area (Å²) in [4.78, 5) is 8.94. The number of rotatable bonds is 4. The molecule has 2 aromatic heterocycles. The van der Waals surface area contributed by atoms with Crippen molar-refractivity contribution in [1.29, 1.82) is 0 Å². The van der Waals surface area contributed by atoms with Crippen molar-refractivity contribution in [1.82, 2.24) is 9.97 Å². The number of hydrogen-bond donors (Lipinski definition) is 0. The van der Waals surface area contributed by atoms with E-state index in [9.17, 15) is 0 Å². The minimum Gasteiger partial charge on any atom is -0.262 e. The summed E-state index contributed by atoms with van der Waals surface area (Å²) < 4.78 is 0. The second-order valence-electron chi connectivity index (χ2n) is 10.4. The highest BCUT2D eigenvalue weighted by Gasteiger charge is 2.16. The maximum Gasteiger partial charge on any atom is 0.0704 e. The van der Waals surface area contributed by atoms with Gasteiger partial charge in [-0.15, -0.1) is 0 Å². The lowest BCUT2D eigenvalue weighted by molar-refractivity contribution is 1.20. The molecule has 0 aliphatic carbocycles. The lowest BCUT2D eigenvalue weighted by Crippen LogP contribution is -1.91. The molecule has 0 aliphatic heterocycles. The number of aryl methyl sites for hydroxylation is 2. The average molecular weight is 513 g/mol. The molecular weight excluding hydrogens is 484 g/mol. The van der Waals surface area contributed by atoms with Crippen LogP contribution in [0.3, 0.4) is 0 Å². The molecule has 0 saturated heterocycles. The molecule has 0 bridgehead atoms. The SMILES string of the molecule is Cc1ccnc(-c2ccc(-c3c4ccccc4c(-c4ccc(-c5ccnc(C)c5)cc4)c4ccccc34)cc2)c1. The van der Waals surface area contributed by atoms with E-state index in [1.165, 1.54) is 60.5 Å². The van der Waals surface area contributed by atoms with Crippen molar-refractivity contribution in [3.63, 3.8) is 0 Å². The van der Waals surface area contributed by atoms with Crippen molar-refractivity contribution in [2.75, 3.05) is 0 Å². The normalized spacial score (nSPS) is 11.2. The molecule has 2 heteroatoms. The number of benzene rings is 5. The van der Waals surface area contributed by atoms with E-state index in [-0.39, 0.29) is 0 Å². The highest BCUT2D eigenvalue weighted by molar-refractivity contribution is 6.21. The smallest absolute Gasteiger partial charge is 0.0704 e. The molecule has 2 heterocycles. The fraction of sp³-hybridized carbons (Fsp3) is 0.0526. The van der Waals surface area contributed by atoms with Crippen LogP contribution >= 0.6 is 0 Å². The minimum absolute atomic E-state index is 1.00. The predicted molar refractivity (Wildman–Crippen MR) is 168 cm³/mol. The fourth-order valence-corrected chi connectivity index (χ4v) is 5.81. The van der Waals surface area contributed by atoms with E-state index in [2.05, 4.69) is 132 Å². The molecule has 0 saturated carbocycles. The van der Waals surface area contributed by atoms with Gasteiger partial charge in [-0.25, -0.2) is 0 Å². The van der Waals surface area contributed by atoms with Gasteiger partial charge in [0.25, 0.3) is 0 Å². The summed E-state index contributed by atoms with van der Waals surface area (Å²) in [5.74, 6) is 0. The number of fused-ring (bicyclic) bond motifs is 2. The van der Waals surface area contributed by atoms with Crippen LogP contribution in [0.25, 0.3) is 66.2 Å². The Morgan fingerprint density at radius 3 is 1.38 bits per heavy atom. The van der Waals surface area contributed by atoms with Crippen molar-refractivity contribution in [2.24, 2.45) is 0 Å². The summed E-state index contributed by atoms with van der Waals surface area (Å²) >= 11 is 0. The largest absolute Gasteiger partial charge is 0.262 e. The third kappa shape index (κ3) is 4.24. The van der Waals surface area contributed by atoms with Crippen LogP contribution in [0, 0.1) is 13.8 Å². The van der Waals surface area contributed by atoms with Crippen LogP contribution in [0.2, 0.25) is 0 Å². The van der Waals surface area contributed by atoms with Crippen molar-refractivity contribution in [3.05, 3.63) is 145 Å². The fourth-order valence-electron chi connectivity index (χ4n) is 5.81. The first-order valence-corrected chi connectivity index (χ1v) is 13.7. The van der Waals surface area contributed by atoms with E-state index in [4.69, 9.17) is 0 Å². The molecule has 5 aromatic carbocycles. The third-order valence-electron chi connectivity index (χ3n) is 7.72. The van der Waals surface area contributed by atoms with Gasteiger partial charge in [0.1, 0.15) is 0 Å². The Hall–Kier alpha value is -5.08. The molecule has 7 rings (SSSR count). The van der Waals surface area contributed by atoms with Gasteiger partial charge in [0.2, 0.25) is 0 Å². The Bertz CT molecular complexity index is 1800. The van der Waals surface area contributed by atoms with Crippen LogP contribution in [-0.4, -0.2) is 9.97 Å². The summed E-state index contributed by atoms with van der Waals surface area (Å²) in [5, 5.41) is 5.03. The van der Waals surface area contributed by atoms with Gasteiger partial charge in [-0.05, 0) is 98.6 Å². The second kappa shape index (κ2) is 9.91. The molecule has 7 aromatic rings. The summed E-state index contributed by atoms with van der Waals surface area (Å²) in [7, 11) is 0. The average Bonchev–Trinajstić information content (AvgIpc) is 3.00. The highest BCUT2D eigenvalue weighted by Crippen LogP contribution is 2.44. The van der Waals surface area contributed by atoms with Gasteiger partial charge in [0, 0.05) is 23.7 Å². The molecular formula is C38H28N2. The molecule has 190 valence electrons. The molecule has 0 unspecified atom stereocenters. The number of pyridine rings is 2. The minimum atomic E-state index is 1.00. The summed E-state index contributed by atoms with van der Waals surface area (Å²) in [6, 6.07) is 43.8. The maximum absolute atomic E-state index is 4.58. The van der Waals surface area contributed by atoms with Crippen LogP contribution in [-0.2, 0) is 0 Å².